The van der Waals surface area contributed by atoms with Crippen LogP contribution in [0.5, 0.6) is 5.75 Å². The number of urea groups is 1. The van der Waals surface area contributed by atoms with Gasteiger partial charge in [0.1, 0.15) is 11.6 Å². The van der Waals surface area contributed by atoms with Gasteiger partial charge in [-0.25, -0.2) is 9.18 Å². The number of amides is 3. The number of carbonyl (C=O) groups excluding carboxylic acids is 2. The SMILES string of the molecule is COc1cc(C(C)C(=O)NCCN2CCN(CC(=O)O)CC2)ccc1NC(=O)Nc1ccccc1F. The zero-order chi connectivity index (χ0) is 26.1. The zero-order valence-electron chi connectivity index (χ0n) is 20.4. The molecule has 2 aromatic carbocycles. The van der Waals surface area contributed by atoms with Crippen LogP contribution < -0.4 is 20.7 Å². The molecule has 2 aromatic rings. The molecule has 194 valence electrons. The number of para-hydroxylation sites is 1. The average molecular weight is 502 g/mol. The molecule has 0 aliphatic carbocycles. The third kappa shape index (κ3) is 7.65. The molecule has 3 amide bonds. The number of anilines is 2. The summed E-state index contributed by atoms with van der Waals surface area (Å²) in [5.41, 5.74) is 1.15. The van der Waals surface area contributed by atoms with Crippen LogP contribution in [0.1, 0.15) is 18.4 Å². The van der Waals surface area contributed by atoms with Gasteiger partial charge < -0.3 is 25.8 Å². The molecular weight excluding hydrogens is 469 g/mol. The van der Waals surface area contributed by atoms with Gasteiger partial charge in [-0.2, -0.15) is 0 Å². The number of carboxylic acids is 1. The molecule has 3 rings (SSSR count). The van der Waals surface area contributed by atoms with Gasteiger partial charge in [-0.3, -0.25) is 19.4 Å². The van der Waals surface area contributed by atoms with Crippen molar-refractivity contribution in [2.45, 2.75) is 12.8 Å². The molecule has 0 bridgehead atoms. The first-order chi connectivity index (χ1) is 17.3. The third-order valence-electron chi connectivity index (χ3n) is 6.04. The number of benzene rings is 2. The predicted octanol–water partition coefficient (Wildman–Crippen LogP) is 2.40. The van der Waals surface area contributed by atoms with E-state index in [0.717, 1.165) is 13.1 Å². The van der Waals surface area contributed by atoms with E-state index in [0.29, 0.717) is 43.2 Å². The van der Waals surface area contributed by atoms with E-state index in [4.69, 9.17) is 9.84 Å². The van der Waals surface area contributed by atoms with E-state index in [9.17, 15) is 18.8 Å². The maximum absolute atomic E-state index is 13.8. The Balaban J connectivity index is 1.49. The quantitative estimate of drug-likeness (QED) is 0.394. The van der Waals surface area contributed by atoms with Crippen molar-refractivity contribution < 1.29 is 28.6 Å². The second kappa shape index (κ2) is 12.8. The molecule has 0 spiro atoms. The highest BCUT2D eigenvalue weighted by Crippen LogP contribution is 2.29. The smallest absolute Gasteiger partial charge is 0.323 e. The lowest BCUT2D eigenvalue weighted by molar-refractivity contribution is -0.138. The Morgan fingerprint density at radius 3 is 2.36 bits per heavy atom. The van der Waals surface area contributed by atoms with Crippen molar-refractivity contribution in [3.05, 3.63) is 53.8 Å². The highest BCUT2D eigenvalue weighted by Gasteiger charge is 2.20. The summed E-state index contributed by atoms with van der Waals surface area (Å²) in [4.78, 5) is 39.9. The van der Waals surface area contributed by atoms with Crippen LogP contribution in [0, 0.1) is 5.82 Å². The number of nitrogens with zero attached hydrogens (tertiary/aromatic N) is 2. The van der Waals surface area contributed by atoms with E-state index in [2.05, 4.69) is 20.9 Å². The number of nitrogens with one attached hydrogen (secondary N) is 3. The van der Waals surface area contributed by atoms with Crippen molar-refractivity contribution in [2.24, 2.45) is 0 Å². The normalized spacial score (nSPS) is 15.1. The van der Waals surface area contributed by atoms with Crippen LogP contribution in [0.25, 0.3) is 0 Å². The van der Waals surface area contributed by atoms with Crippen LogP contribution in [-0.4, -0.2) is 85.7 Å². The Hall–Kier alpha value is -3.70. The maximum atomic E-state index is 13.8. The zero-order valence-corrected chi connectivity index (χ0v) is 20.4. The van der Waals surface area contributed by atoms with E-state index < -0.39 is 23.7 Å². The minimum Gasteiger partial charge on any atom is -0.495 e. The summed E-state index contributed by atoms with van der Waals surface area (Å²) in [5.74, 6) is -1.59. The number of halogens is 1. The summed E-state index contributed by atoms with van der Waals surface area (Å²) in [6, 6.07) is 10.3. The van der Waals surface area contributed by atoms with Crippen molar-refractivity contribution in [3.8, 4) is 5.75 Å². The predicted molar refractivity (Wildman–Crippen MR) is 134 cm³/mol. The Morgan fingerprint density at radius 2 is 1.69 bits per heavy atom. The highest BCUT2D eigenvalue weighted by atomic mass is 19.1. The number of carboxylic acid groups (broad SMARTS) is 1. The number of methoxy groups -OCH3 is 1. The van der Waals surface area contributed by atoms with Crippen LogP contribution >= 0.6 is 0 Å². The van der Waals surface area contributed by atoms with Crippen LogP contribution in [0.2, 0.25) is 0 Å². The molecule has 1 aliphatic heterocycles. The Labute approximate surface area is 209 Å². The van der Waals surface area contributed by atoms with Crippen molar-refractivity contribution in [1.29, 1.82) is 0 Å². The fourth-order valence-electron chi connectivity index (χ4n) is 3.92. The van der Waals surface area contributed by atoms with Crippen molar-refractivity contribution in [3.63, 3.8) is 0 Å². The van der Waals surface area contributed by atoms with Crippen LogP contribution in [0.4, 0.5) is 20.6 Å². The summed E-state index contributed by atoms with van der Waals surface area (Å²) >= 11 is 0. The Bertz CT molecular complexity index is 1070. The molecule has 1 fully saturated rings. The molecule has 0 aromatic heterocycles. The van der Waals surface area contributed by atoms with Crippen molar-refractivity contribution >= 4 is 29.3 Å². The Morgan fingerprint density at radius 1 is 1.03 bits per heavy atom. The maximum Gasteiger partial charge on any atom is 0.323 e. The molecule has 1 saturated heterocycles. The molecule has 11 heteroatoms. The fourth-order valence-corrected chi connectivity index (χ4v) is 3.92. The van der Waals surface area contributed by atoms with Gasteiger partial charge in [0, 0.05) is 39.3 Å². The topological polar surface area (TPSA) is 123 Å². The van der Waals surface area contributed by atoms with Crippen LogP contribution in [-0.2, 0) is 9.59 Å². The van der Waals surface area contributed by atoms with Gasteiger partial charge in [0.15, 0.2) is 0 Å². The number of hydrogen-bond donors (Lipinski definition) is 4. The second-order valence-corrected chi connectivity index (χ2v) is 8.54. The lowest BCUT2D eigenvalue weighted by Crippen LogP contribution is -2.49. The lowest BCUT2D eigenvalue weighted by Gasteiger charge is -2.33. The fraction of sp³-hybridized carbons (Fsp3) is 0.400. The third-order valence-corrected chi connectivity index (χ3v) is 6.04. The highest BCUT2D eigenvalue weighted by molar-refractivity contribution is 6.00. The standard InChI is InChI=1S/C25H32FN5O5/c1-17(24(34)27-9-10-30-11-13-31(14-12-30)16-23(32)33)18-7-8-21(22(15-18)36-2)29-25(35)28-20-6-4-3-5-19(20)26/h3-8,15,17H,9-14,16H2,1-2H3,(H,27,34)(H,32,33)(H2,28,29,35). The van der Waals surface area contributed by atoms with Gasteiger partial charge in [0.2, 0.25) is 5.91 Å². The van der Waals surface area contributed by atoms with Crippen molar-refractivity contribution in [1.82, 2.24) is 15.1 Å². The monoisotopic (exact) mass is 501 g/mol. The van der Waals surface area contributed by atoms with Crippen LogP contribution in [0.15, 0.2) is 42.5 Å². The Kier molecular flexibility index (Phi) is 9.60. The molecule has 4 N–H and O–H groups in total. The summed E-state index contributed by atoms with van der Waals surface area (Å²) in [6.45, 7) is 5.90. The summed E-state index contributed by atoms with van der Waals surface area (Å²) in [7, 11) is 1.46. The van der Waals surface area contributed by atoms with Gasteiger partial charge in [0.25, 0.3) is 0 Å². The van der Waals surface area contributed by atoms with Gasteiger partial charge in [-0.1, -0.05) is 18.2 Å². The first-order valence-electron chi connectivity index (χ1n) is 11.7. The molecule has 0 saturated carbocycles. The number of aliphatic carboxylic acids is 1. The number of hydrogen-bond acceptors (Lipinski definition) is 6. The molecular formula is C25H32FN5O5. The minimum absolute atomic E-state index is 0.0517. The number of carbonyl (C=O) groups is 3. The van der Waals surface area contributed by atoms with E-state index in [1.807, 2.05) is 4.90 Å². The summed E-state index contributed by atoms with van der Waals surface area (Å²) < 4.78 is 19.2. The molecule has 0 radical (unpaired) electrons. The summed E-state index contributed by atoms with van der Waals surface area (Å²) in [6.07, 6.45) is 0. The summed E-state index contributed by atoms with van der Waals surface area (Å²) in [5, 5.41) is 16.9. The largest absolute Gasteiger partial charge is 0.495 e. The molecule has 1 unspecified atom stereocenters. The van der Waals surface area contributed by atoms with E-state index in [1.54, 1.807) is 31.2 Å². The van der Waals surface area contributed by atoms with E-state index >= 15 is 0 Å². The van der Waals surface area contributed by atoms with Gasteiger partial charge in [-0.15, -0.1) is 0 Å². The molecule has 1 atom stereocenters. The number of piperazine rings is 1. The average Bonchev–Trinajstić information content (AvgIpc) is 2.86. The van der Waals surface area contributed by atoms with E-state index in [1.165, 1.54) is 25.3 Å². The van der Waals surface area contributed by atoms with Gasteiger partial charge in [-0.05, 0) is 36.8 Å². The van der Waals surface area contributed by atoms with Crippen molar-refractivity contribution in [2.75, 3.05) is 63.6 Å². The first-order valence-corrected chi connectivity index (χ1v) is 11.7. The van der Waals surface area contributed by atoms with Gasteiger partial charge >= 0.3 is 12.0 Å². The van der Waals surface area contributed by atoms with Gasteiger partial charge in [0.05, 0.1) is 30.9 Å². The van der Waals surface area contributed by atoms with E-state index in [-0.39, 0.29) is 18.1 Å². The van der Waals surface area contributed by atoms with Crippen LogP contribution in [0.3, 0.4) is 0 Å². The first kappa shape index (κ1) is 26.9. The second-order valence-electron chi connectivity index (χ2n) is 8.54. The minimum atomic E-state index is -0.823. The number of ether oxygens (including phenoxy) is 1. The lowest BCUT2D eigenvalue weighted by atomic mass is 9.99. The molecule has 36 heavy (non-hydrogen) atoms. The molecule has 1 aliphatic rings. The number of rotatable bonds is 10. The molecule has 1 heterocycles. The molecule has 10 nitrogen and oxygen atoms in total.